The van der Waals surface area contributed by atoms with Crippen molar-refractivity contribution in [3.8, 4) is 0 Å². The maximum absolute atomic E-state index is 13.1. The van der Waals surface area contributed by atoms with E-state index in [9.17, 15) is 9.50 Å². The minimum absolute atomic E-state index is 0.181. The van der Waals surface area contributed by atoms with Gasteiger partial charge in [-0.1, -0.05) is 6.07 Å². The Morgan fingerprint density at radius 2 is 2.33 bits per heavy atom. The Morgan fingerprint density at radius 3 is 2.93 bits per heavy atom. The average Bonchev–Trinajstić information content (AvgIpc) is 2.58. The Morgan fingerprint density at radius 1 is 1.53 bits per heavy atom. The Labute approximate surface area is 88.3 Å². The van der Waals surface area contributed by atoms with Crippen molar-refractivity contribution in [2.45, 2.75) is 19.1 Å². The molecule has 4 heteroatoms. The highest BCUT2D eigenvalue weighted by Gasteiger charge is 2.19. The molecule has 0 bridgehead atoms. The number of aliphatic hydroxyl groups is 1. The molecule has 1 aromatic rings. The van der Waals surface area contributed by atoms with Gasteiger partial charge in [0.2, 0.25) is 0 Å². The third-order valence-corrected chi connectivity index (χ3v) is 2.72. The van der Waals surface area contributed by atoms with Crippen LogP contribution >= 0.6 is 0 Å². The van der Waals surface area contributed by atoms with Crippen molar-refractivity contribution in [1.82, 2.24) is 4.90 Å². The van der Waals surface area contributed by atoms with Crippen molar-refractivity contribution < 1.29 is 9.50 Å². The van der Waals surface area contributed by atoms with Crippen LogP contribution in [0.15, 0.2) is 18.2 Å². The molecule has 1 atom stereocenters. The van der Waals surface area contributed by atoms with Gasteiger partial charge in [-0.2, -0.15) is 0 Å². The zero-order chi connectivity index (χ0) is 10.8. The highest BCUT2D eigenvalue weighted by atomic mass is 19.1. The molecule has 82 valence electrons. The Bertz CT molecular complexity index is 356. The molecule has 1 aliphatic rings. The quantitative estimate of drug-likeness (QED) is 0.715. The molecule has 2 rings (SSSR count). The van der Waals surface area contributed by atoms with Gasteiger partial charge in [-0.05, 0) is 24.1 Å². The van der Waals surface area contributed by atoms with Crippen LogP contribution in [0.2, 0.25) is 0 Å². The smallest absolute Gasteiger partial charge is 0.146 e. The van der Waals surface area contributed by atoms with Crippen molar-refractivity contribution in [3.05, 3.63) is 29.6 Å². The van der Waals surface area contributed by atoms with Crippen molar-refractivity contribution in [2.24, 2.45) is 0 Å². The number of benzene rings is 1. The van der Waals surface area contributed by atoms with E-state index < -0.39 is 0 Å². The first-order valence-electron chi connectivity index (χ1n) is 5.09. The second kappa shape index (κ2) is 4.16. The summed E-state index contributed by atoms with van der Waals surface area (Å²) < 4.78 is 13.1. The predicted octanol–water partition coefficient (Wildman–Crippen LogP) is 0.974. The Kier molecular flexibility index (Phi) is 2.88. The zero-order valence-corrected chi connectivity index (χ0v) is 8.49. The molecule has 15 heavy (non-hydrogen) atoms. The summed E-state index contributed by atoms with van der Waals surface area (Å²) in [5, 5.41) is 9.34. The van der Waals surface area contributed by atoms with Crippen molar-refractivity contribution >= 4 is 5.69 Å². The van der Waals surface area contributed by atoms with Crippen molar-refractivity contribution in [1.29, 1.82) is 0 Å². The third-order valence-electron chi connectivity index (χ3n) is 2.72. The number of nitrogen functional groups attached to an aromatic ring is 1. The standard InChI is InChI=1S/C11H15FN2O/c12-10-5-8(1-2-11(10)13)6-14-4-3-9(15)7-14/h1-2,5,9,15H,3-4,6-7,13H2/t9-/m1/s1. The lowest BCUT2D eigenvalue weighted by Gasteiger charge is -2.14. The number of aliphatic hydroxyl groups excluding tert-OH is 1. The summed E-state index contributed by atoms with van der Waals surface area (Å²) in [7, 11) is 0. The van der Waals surface area contributed by atoms with Crippen LogP contribution in [0.5, 0.6) is 0 Å². The van der Waals surface area contributed by atoms with Gasteiger partial charge in [-0.15, -0.1) is 0 Å². The summed E-state index contributed by atoms with van der Waals surface area (Å²) in [5.41, 5.74) is 6.47. The molecule has 0 aromatic heterocycles. The second-order valence-electron chi connectivity index (χ2n) is 4.03. The lowest BCUT2D eigenvalue weighted by atomic mass is 10.2. The Hall–Kier alpha value is -1.13. The van der Waals surface area contributed by atoms with Gasteiger partial charge in [0.15, 0.2) is 0 Å². The van der Waals surface area contributed by atoms with E-state index in [1.165, 1.54) is 6.07 Å². The van der Waals surface area contributed by atoms with Crippen LogP contribution in [0.25, 0.3) is 0 Å². The summed E-state index contributed by atoms with van der Waals surface area (Å²) in [6.07, 6.45) is 0.570. The minimum Gasteiger partial charge on any atom is -0.396 e. The molecule has 0 aliphatic carbocycles. The van der Waals surface area contributed by atoms with Gasteiger partial charge in [-0.3, -0.25) is 4.90 Å². The highest BCUT2D eigenvalue weighted by molar-refractivity contribution is 5.41. The topological polar surface area (TPSA) is 49.5 Å². The molecule has 1 aliphatic heterocycles. The van der Waals surface area contributed by atoms with E-state index in [2.05, 4.69) is 4.90 Å². The SMILES string of the molecule is Nc1ccc(CN2CC[C@@H](O)C2)cc1F. The van der Waals surface area contributed by atoms with Gasteiger partial charge in [0.05, 0.1) is 11.8 Å². The fraction of sp³-hybridized carbons (Fsp3) is 0.455. The van der Waals surface area contributed by atoms with Crippen LogP contribution in [-0.2, 0) is 6.54 Å². The van der Waals surface area contributed by atoms with Crippen LogP contribution in [-0.4, -0.2) is 29.2 Å². The summed E-state index contributed by atoms with van der Waals surface area (Å²) >= 11 is 0. The fourth-order valence-electron chi connectivity index (χ4n) is 1.88. The van der Waals surface area contributed by atoms with Crippen molar-refractivity contribution in [2.75, 3.05) is 18.8 Å². The first-order valence-corrected chi connectivity index (χ1v) is 5.09. The maximum atomic E-state index is 13.1. The number of likely N-dealkylation sites (tertiary alicyclic amines) is 1. The number of halogens is 1. The number of anilines is 1. The number of hydrogen-bond acceptors (Lipinski definition) is 3. The van der Waals surface area contributed by atoms with E-state index in [-0.39, 0.29) is 17.6 Å². The molecule has 1 heterocycles. The van der Waals surface area contributed by atoms with E-state index in [1.807, 2.05) is 6.07 Å². The van der Waals surface area contributed by atoms with Gasteiger partial charge < -0.3 is 10.8 Å². The molecule has 1 fully saturated rings. The van der Waals surface area contributed by atoms with Crippen LogP contribution in [0, 0.1) is 5.82 Å². The number of rotatable bonds is 2. The molecular weight excluding hydrogens is 195 g/mol. The number of hydrogen-bond donors (Lipinski definition) is 2. The summed E-state index contributed by atoms with van der Waals surface area (Å²) in [6.45, 7) is 2.22. The molecule has 1 aromatic carbocycles. The van der Waals surface area contributed by atoms with Gasteiger partial charge in [-0.25, -0.2) is 4.39 Å². The zero-order valence-electron chi connectivity index (χ0n) is 8.49. The van der Waals surface area contributed by atoms with E-state index in [1.54, 1.807) is 6.07 Å². The monoisotopic (exact) mass is 210 g/mol. The molecule has 0 saturated carbocycles. The second-order valence-corrected chi connectivity index (χ2v) is 4.03. The molecule has 3 N–H and O–H groups in total. The molecule has 0 radical (unpaired) electrons. The summed E-state index contributed by atoms with van der Waals surface area (Å²) in [6, 6.07) is 4.86. The first-order chi connectivity index (χ1) is 7.15. The highest BCUT2D eigenvalue weighted by Crippen LogP contribution is 2.16. The van der Waals surface area contributed by atoms with Gasteiger partial charge >= 0.3 is 0 Å². The third kappa shape index (κ3) is 2.46. The van der Waals surface area contributed by atoms with Crippen LogP contribution in [0.3, 0.4) is 0 Å². The van der Waals surface area contributed by atoms with Gasteiger partial charge in [0, 0.05) is 19.6 Å². The molecule has 1 saturated heterocycles. The van der Waals surface area contributed by atoms with Crippen molar-refractivity contribution in [3.63, 3.8) is 0 Å². The molecular formula is C11H15FN2O. The lowest BCUT2D eigenvalue weighted by molar-refractivity contribution is 0.175. The molecule has 0 unspecified atom stereocenters. The number of nitrogens with two attached hydrogens (primary N) is 1. The molecule has 0 spiro atoms. The van der Waals surface area contributed by atoms with E-state index in [0.29, 0.717) is 13.1 Å². The molecule has 3 nitrogen and oxygen atoms in total. The van der Waals surface area contributed by atoms with E-state index >= 15 is 0 Å². The van der Waals surface area contributed by atoms with E-state index in [0.717, 1.165) is 18.5 Å². The first kappa shape index (κ1) is 10.4. The summed E-state index contributed by atoms with van der Waals surface area (Å²) in [4.78, 5) is 2.11. The fourth-order valence-corrected chi connectivity index (χ4v) is 1.88. The number of β-amino-alcohol motifs (C(OH)–C–C–N with tert-alkyl or cyclic N) is 1. The maximum Gasteiger partial charge on any atom is 0.146 e. The van der Waals surface area contributed by atoms with Crippen LogP contribution < -0.4 is 5.73 Å². The predicted molar refractivity (Wildman–Crippen MR) is 56.7 cm³/mol. The van der Waals surface area contributed by atoms with Crippen LogP contribution in [0.1, 0.15) is 12.0 Å². The largest absolute Gasteiger partial charge is 0.396 e. The lowest BCUT2D eigenvalue weighted by Crippen LogP contribution is -2.21. The average molecular weight is 210 g/mol. The van der Waals surface area contributed by atoms with Gasteiger partial charge in [0.1, 0.15) is 5.82 Å². The minimum atomic E-state index is -0.368. The Balaban J connectivity index is 2.02. The number of nitrogens with zero attached hydrogens (tertiary/aromatic N) is 1. The molecule has 0 amide bonds. The normalized spacial score (nSPS) is 22.1. The summed E-state index contributed by atoms with van der Waals surface area (Å²) in [5.74, 6) is -0.368. The van der Waals surface area contributed by atoms with E-state index in [4.69, 9.17) is 5.73 Å². The van der Waals surface area contributed by atoms with Crippen LogP contribution in [0.4, 0.5) is 10.1 Å². The van der Waals surface area contributed by atoms with Gasteiger partial charge in [0.25, 0.3) is 0 Å².